The topological polar surface area (TPSA) is 47.0 Å². The first kappa shape index (κ1) is 10.6. The van der Waals surface area contributed by atoms with Gasteiger partial charge in [0.05, 0.1) is 11.8 Å². The molecule has 1 aromatic heterocycles. The van der Waals surface area contributed by atoms with Gasteiger partial charge in [0, 0.05) is 25.1 Å². The fourth-order valence-electron chi connectivity index (χ4n) is 1.60. The van der Waals surface area contributed by atoms with Crippen molar-refractivity contribution in [3.63, 3.8) is 0 Å². The van der Waals surface area contributed by atoms with Crippen LogP contribution >= 0.6 is 11.6 Å². The van der Waals surface area contributed by atoms with Gasteiger partial charge < -0.3 is 10.1 Å². The molecule has 0 atom stereocenters. The maximum atomic E-state index is 5.84. The summed E-state index contributed by atoms with van der Waals surface area (Å²) in [7, 11) is 0. The summed E-state index contributed by atoms with van der Waals surface area (Å²) in [5.41, 5.74) is 2.05. The van der Waals surface area contributed by atoms with Crippen LogP contribution < -0.4 is 10.1 Å². The van der Waals surface area contributed by atoms with Crippen LogP contribution in [-0.2, 0) is 13.0 Å². The smallest absolute Gasteiger partial charge is 0.225 e. The van der Waals surface area contributed by atoms with Gasteiger partial charge in [-0.05, 0) is 25.4 Å². The van der Waals surface area contributed by atoms with E-state index in [2.05, 4.69) is 15.3 Å². The van der Waals surface area contributed by atoms with Crippen molar-refractivity contribution in [2.45, 2.75) is 32.9 Å². The minimum absolute atomic E-state index is 0.0991. The van der Waals surface area contributed by atoms with Crippen LogP contribution in [0.1, 0.15) is 25.1 Å². The van der Waals surface area contributed by atoms with Gasteiger partial charge in [0.15, 0.2) is 0 Å². The Morgan fingerprint density at radius 1 is 1.40 bits per heavy atom. The third kappa shape index (κ3) is 2.38. The van der Waals surface area contributed by atoms with Crippen molar-refractivity contribution >= 4 is 11.6 Å². The molecule has 15 heavy (non-hydrogen) atoms. The number of halogens is 1. The van der Waals surface area contributed by atoms with E-state index < -0.39 is 0 Å². The van der Waals surface area contributed by atoms with Gasteiger partial charge in [-0.15, -0.1) is 0 Å². The predicted octanol–water partition coefficient (Wildman–Crippen LogP) is 1.56. The standard InChI is InChI=1S/C10H14ClN3O/c1-6(2)15-9-7-5-12-4-3-8(7)13-10(11)14-9/h6,12H,3-5H2,1-2H3. The zero-order chi connectivity index (χ0) is 10.8. The number of ether oxygens (including phenoxy) is 1. The molecule has 0 aromatic carbocycles. The number of nitrogens with one attached hydrogen (secondary N) is 1. The summed E-state index contributed by atoms with van der Waals surface area (Å²) < 4.78 is 5.62. The molecule has 0 saturated carbocycles. The molecule has 1 aromatic rings. The Balaban J connectivity index is 2.38. The van der Waals surface area contributed by atoms with Gasteiger partial charge in [0.25, 0.3) is 0 Å². The van der Waals surface area contributed by atoms with E-state index in [4.69, 9.17) is 16.3 Å². The molecule has 0 fully saturated rings. The van der Waals surface area contributed by atoms with Crippen LogP contribution in [-0.4, -0.2) is 22.6 Å². The summed E-state index contributed by atoms with van der Waals surface area (Å²) in [6.07, 6.45) is 0.980. The summed E-state index contributed by atoms with van der Waals surface area (Å²) in [4.78, 5) is 8.33. The third-order valence-electron chi connectivity index (χ3n) is 2.22. The summed E-state index contributed by atoms with van der Waals surface area (Å²) in [6.45, 7) is 5.63. The number of aromatic nitrogens is 2. The maximum absolute atomic E-state index is 5.84. The minimum atomic E-state index is 0.0991. The lowest BCUT2D eigenvalue weighted by Gasteiger charge is -2.20. The molecule has 0 spiro atoms. The van der Waals surface area contributed by atoms with Gasteiger partial charge in [-0.2, -0.15) is 4.98 Å². The van der Waals surface area contributed by atoms with Gasteiger partial charge in [0.2, 0.25) is 11.2 Å². The molecule has 0 saturated heterocycles. The maximum Gasteiger partial charge on any atom is 0.225 e. The van der Waals surface area contributed by atoms with Crippen LogP contribution in [0.15, 0.2) is 0 Å². The van der Waals surface area contributed by atoms with Crippen molar-refractivity contribution in [2.24, 2.45) is 0 Å². The van der Waals surface area contributed by atoms with Gasteiger partial charge in [-0.1, -0.05) is 0 Å². The van der Waals surface area contributed by atoms with Crippen molar-refractivity contribution in [3.05, 3.63) is 16.5 Å². The van der Waals surface area contributed by atoms with Crippen molar-refractivity contribution in [1.29, 1.82) is 0 Å². The molecule has 0 bridgehead atoms. The molecule has 2 rings (SSSR count). The van der Waals surface area contributed by atoms with E-state index in [0.29, 0.717) is 5.88 Å². The molecule has 5 heteroatoms. The van der Waals surface area contributed by atoms with Gasteiger partial charge in [-0.3, -0.25) is 0 Å². The van der Waals surface area contributed by atoms with Crippen molar-refractivity contribution < 1.29 is 4.74 Å². The molecule has 4 nitrogen and oxygen atoms in total. The summed E-state index contributed by atoms with van der Waals surface area (Å²) >= 11 is 5.84. The molecular weight excluding hydrogens is 214 g/mol. The van der Waals surface area contributed by atoms with Crippen LogP contribution in [0, 0.1) is 0 Å². The lowest BCUT2D eigenvalue weighted by Crippen LogP contribution is -2.26. The van der Waals surface area contributed by atoms with Crippen molar-refractivity contribution in [1.82, 2.24) is 15.3 Å². The Morgan fingerprint density at radius 2 is 2.20 bits per heavy atom. The number of hydrogen-bond donors (Lipinski definition) is 1. The minimum Gasteiger partial charge on any atom is -0.475 e. The van der Waals surface area contributed by atoms with E-state index in [-0.39, 0.29) is 11.4 Å². The fraction of sp³-hybridized carbons (Fsp3) is 0.600. The van der Waals surface area contributed by atoms with Crippen molar-refractivity contribution in [2.75, 3.05) is 6.54 Å². The van der Waals surface area contributed by atoms with E-state index in [1.807, 2.05) is 13.8 Å². The largest absolute Gasteiger partial charge is 0.475 e. The highest BCUT2D eigenvalue weighted by molar-refractivity contribution is 6.28. The first-order valence-electron chi connectivity index (χ1n) is 5.09. The van der Waals surface area contributed by atoms with E-state index in [9.17, 15) is 0 Å². The Labute approximate surface area is 94.0 Å². The van der Waals surface area contributed by atoms with Crippen LogP contribution in [0.2, 0.25) is 5.28 Å². The molecule has 0 aliphatic carbocycles. The van der Waals surface area contributed by atoms with Crippen LogP contribution in [0.25, 0.3) is 0 Å². The average Bonchev–Trinajstić information content (AvgIpc) is 2.16. The quantitative estimate of drug-likeness (QED) is 0.779. The zero-order valence-electron chi connectivity index (χ0n) is 8.88. The third-order valence-corrected chi connectivity index (χ3v) is 2.38. The molecule has 1 N–H and O–H groups in total. The molecule has 0 radical (unpaired) electrons. The predicted molar refractivity (Wildman–Crippen MR) is 58.2 cm³/mol. The monoisotopic (exact) mass is 227 g/mol. The van der Waals surface area contributed by atoms with Crippen LogP contribution in [0.3, 0.4) is 0 Å². The Morgan fingerprint density at radius 3 is 2.93 bits per heavy atom. The number of hydrogen-bond acceptors (Lipinski definition) is 4. The number of fused-ring (bicyclic) bond motifs is 1. The summed E-state index contributed by atoms with van der Waals surface area (Å²) in [5.74, 6) is 0.618. The SMILES string of the molecule is CC(C)Oc1nc(Cl)nc2c1CNCC2. The Hall–Kier alpha value is -0.870. The fourth-order valence-corrected chi connectivity index (χ4v) is 1.78. The zero-order valence-corrected chi connectivity index (χ0v) is 9.64. The molecule has 82 valence electrons. The first-order valence-corrected chi connectivity index (χ1v) is 5.47. The molecule has 0 unspecified atom stereocenters. The average molecular weight is 228 g/mol. The molecule has 0 amide bonds. The second-order valence-corrected chi connectivity index (χ2v) is 4.15. The summed E-state index contributed by atoms with van der Waals surface area (Å²) in [6, 6.07) is 0. The highest BCUT2D eigenvalue weighted by Gasteiger charge is 2.18. The molecule has 1 aliphatic heterocycles. The normalized spacial score (nSPS) is 15.2. The molecular formula is C10H14ClN3O. The van der Waals surface area contributed by atoms with E-state index in [0.717, 1.165) is 30.8 Å². The van der Waals surface area contributed by atoms with Gasteiger partial charge in [0.1, 0.15) is 0 Å². The number of nitrogens with zero attached hydrogens (tertiary/aromatic N) is 2. The highest BCUT2D eigenvalue weighted by Crippen LogP contribution is 2.24. The first-order chi connectivity index (χ1) is 7.16. The van der Waals surface area contributed by atoms with Crippen molar-refractivity contribution in [3.8, 4) is 5.88 Å². The van der Waals surface area contributed by atoms with Crippen LogP contribution in [0.4, 0.5) is 0 Å². The van der Waals surface area contributed by atoms with Crippen LogP contribution in [0.5, 0.6) is 5.88 Å². The van der Waals surface area contributed by atoms with Gasteiger partial charge in [-0.25, -0.2) is 4.98 Å². The van der Waals surface area contributed by atoms with Gasteiger partial charge >= 0.3 is 0 Å². The Bertz CT molecular complexity index is 368. The lowest BCUT2D eigenvalue weighted by atomic mass is 10.1. The molecule has 1 aliphatic rings. The van der Waals surface area contributed by atoms with E-state index >= 15 is 0 Å². The second kappa shape index (κ2) is 4.33. The second-order valence-electron chi connectivity index (χ2n) is 3.82. The lowest BCUT2D eigenvalue weighted by molar-refractivity contribution is 0.228. The highest BCUT2D eigenvalue weighted by atomic mass is 35.5. The summed E-state index contributed by atoms with van der Waals surface area (Å²) in [5, 5.41) is 3.54. The molecule has 2 heterocycles. The Kier molecular flexibility index (Phi) is 3.07. The van der Waals surface area contributed by atoms with E-state index in [1.165, 1.54) is 0 Å². The number of rotatable bonds is 2. The van der Waals surface area contributed by atoms with E-state index in [1.54, 1.807) is 0 Å².